The molecule has 0 fully saturated rings. The lowest BCUT2D eigenvalue weighted by atomic mass is 10.1. The first-order valence-electron chi connectivity index (χ1n) is 14.8. The van der Waals surface area contributed by atoms with Crippen molar-refractivity contribution in [3.05, 3.63) is 152 Å². The van der Waals surface area contributed by atoms with Gasteiger partial charge in [-0.15, -0.1) is 0 Å². The van der Waals surface area contributed by atoms with Crippen molar-refractivity contribution in [2.24, 2.45) is 0 Å². The van der Waals surface area contributed by atoms with E-state index in [1.54, 1.807) is 0 Å². The second-order valence-corrected chi connectivity index (χ2v) is 11.8. The Bertz CT molecular complexity index is 2080. The van der Waals surface area contributed by atoms with Gasteiger partial charge in [0.15, 0.2) is 11.2 Å². The molecule has 0 saturated carbocycles. The summed E-state index contributed by atoms with van der Waals surface area (Å²) in [6, 6.07) is 48.6. The molecule has 0 saturated heterocycles. The molecule has 0 spiro atoms. The Hall–Kier alpha value is -5.81. The van der Waals surface area contributed by atoms with Crippen LogP contribution < -0.4 is 11.4 Å². The minimum Gasteiger partial charge on any atom is -0.577 e. The number of oxazole rings is 2. The van der Waals surface area contributed by atoms with Gasteiger partial charge in [0.1, 0.15) is 11.0 Å². The highest BCUT2D eigenvalue weighted by Crippen LogP contribution is 2.35. The lowest BCUT2D eigenvalue weighted by Gasteiger charge is -2.19. The van der Waals surface area contributed by atoms with Crippen LogP contribution in [0.4, 0.5) is 0 Å². The number of benzene rings is 6. The molecule has 6 aromatic carbocycles. The van der Waals surface area contributed by atoms with Crippen molar-refractivity contribution in [1.82, 2.24) is 9.97 Å². The third-order valence-corrected chi connectivity index (χ3v) is 8.82. The minimum atomic E-state index is -3.02. The van der Waals surface area contributed by atoms with Crippen LogP contribution in [0.2, 0.25) is 0 Å². The molecule has 0 radical (unpaired) electrons. The highest BCUT2D eigenvalue weighted by atomic mass is 27.3. The third kappa shape index (κ3) is 5.71. The van der Waals surface area contributed by atoms with Crippen LogP contribution in [0.25, 0.3) is 56.2 Å². The SMILES string of the molecule is c1ccc(-c2ccc([O][Al]([O]c3ccccc3-c3nc4ccccc4o3)[O]c3ccccc3-c3nc4ccccc4o3)cc2)cc1. The molecule has 0 N–H and O–H groups in total. The van der Waals surface area contributed by atoms with Gasteiger partial charge in [-0.2, -0.15) is 0 Å². The van der Waals surface area contributed by atoms with Gasteiger partial charge in [-0.3, -0.25) is 0 Å². The largest absolute Gasteiger partial charge is 1.20 e. The number of aromatic nitrogens is 2. The molecule has 8 heteroatoms. The molecule has 2 heterocycles. The summed E-state index contributed by atoms with van der Waals surface area (Å²) in [6.07, 6.45) is 0. The van der Waals surface area contributed by atoms with Gasteiger partial charge in [-0.1, -0.05) is 91.0 Å². The molecule has 7 nitrogen and oxygen atoms in total. The van der Waals surface area contributed by atoms with E-state index in [4.69, 9.17) is 30.2 Å². The fraction of sp³-hybridized carbons (Fsp3) is 0. The summed E-state index contributed by atoms with van der Waals surface area (Å²) in [7, 11) is 0. The molecule has 0 amide bonds. The zero-order chi connectivity index (χ0) is 30.7. The van der Waals surface area contributed by atoms with Crippen LogP contribution in [0, 0.1) is 0 Å². The van der Waals surface area contributed by atoms with Gasteiger partial charge in [0.2, 0.25) is 11.8 Å². The van der Waals surface area contributed by atoms with Crippen LogP contribution in [0.15, 0.2) is 160 Å². The van der Waals surface area contributed by atoms with Gasteiger partial charge in [-0.05, 0) is 71.8 Å². The average molecular weight is 617 g/mol. The van der Waals surface area contributed by atoms with Crippen molar-refractivity contribution in [2.45, 2.75) is 0 Å². The summed E-state index contributed by atoms with van der Waals surface area (Å²) in [5, 5.41) is 0. The normalized spacial score (nSPS) is 11.0. The molecule has 2 aromatic heterocycles. The second kappa shape index (κ2) is 12.3. The molecular formula is C38H25AlN2O5. The van der Waals surface area contributed by atoms with Crippen LogP contribution in [0.5, 0.6) is 17.2 Å². The molecule has 0 bridgehead atoms. The van der Waals surface area contributed by atoms with Gasteiger partial charge in [0.25, 0.3) is 0 Å². The van der Waals surface area contributed by atoms with Gasteiger partial charge in [0, 0.05) is 0 Å². The Morgan fingerprint density at radius 1 is 0.413 bits per heavy atom. The molecular weight excluding hydrogens is 591 g/mol. The van der Waals surface area contributed by atoms with Gasteiger partial charge in [-0.25, -0.2) is 9.97 Å². The zero-order valence-corrected chi connectivity index (χ0v) is 25.6. The summed E-state index contributed by atoms with van der Waals surface area (Å²) in [4.78, 5) is 9.40. The summed E-state index contributed by atoms with van der Waals surface area (Å²) >= 11 is -3.02. The molecule has 0 aliphatic heterocycles. The van der Waals surface area contributed by atoms with Crippen molar-refractivity contribution in [2.75, 3.05) is 0 Å². The number of hydrogen-bond donors (Lipinski definition) is 0. The van der Waals surface area contributed by atoms with Crippen LogP contribution in [-0.4, -0.2) is 25.1 Å². The summed E-state index contributed by atoms with van der Waals surface area (Å²) in [5.74, 6) is 2.58. The lowest BCUT2D eigenvalue weighted by molar-refractivity contribution is 0.308. The average Bonchev–Trinajstić information content (AvgIpc) is 3.74. The van der Waals surface area contributed by atoms with E-state index in [1.165, 1.54) is 0 Å². The maximum absolute atomic E-state index is 6.61. The fourth-order valence-corrected chi connectivity index (χ4v) is 6.56. The van der Waals surface area contributed by atoms with E-state index >= 15 is 0 Å². The van der Waals surface area contributed by atoms with Crippen molar-refractivity contribution >= 4 is 37.3 Å². The van der Waals surface area contributed by atoms with Gasteiger partial charge < -0.3 is 20.2 Å². The van der Waals surface area contributed by atoms with Crippen LogP contribution in [-0.2, 0) is 0 Å². The van der Waals surface area contributed by atoms with Crippen molar-refractivity contribution < 1.29 is 20.2 Å². The highest BCUT2D eigenvalue weighted by molar-refractivity contribution is 6.39. The second-order valence-electron chi connectivity index (χ2n) is 10.5. The Labute approximate surface area is 269 Å². The Balaban J connectivity index is 1.15. The Kier molecular flexibility index (Phi) is 7.41. The topological polar surface area (TPSA) is 79.8 Å². The number of rotatable bonds is 9. The Morgan fingerprint density at radius 3 is 1.41 bits per heavy atom. The van der Waals surface area contributed by atoms with Crippen molar-refractivity contribution in [3.63, 3.8) is 0 Å². The lowest BCUT2D eigenvalue weighted by Crippen LogP contribution is -2.37. The summed E-state index contributed by atoms with van der Waals surface area (Å²) in [6.45, 7) is 0. The Morgan fingerprint density at radius 2 is 0.870 bits per heavy atom. The predicted molar refractivity (Wildman–Crippen MR) is 178 cm³/mol. The minimum absolute atomic E-state index is 0.448. The number of para-hydroxylation sites is 6. The first-order chi connectivity index (χ1) is 22.8. The monoisotopic (exact) mass is 616 g/mol. The molecule has 0 aliphatic rings. The first kappa shape index (κ1) is 27.7. The predicted octanol–water partition coefficient (Wildman–Crippen LogP) is 9.49. The maximum atomic E-state index is 6.61. The van der Waals surface area contributed by atoms with E-state index in [1.807, 2.05) is 140 Å². The summed E-state index contributed by atoms with van der Waals surface area (Å²) < 4.78 is 31.9. The van der Waals surface area contributed by atoms with E-state index in [0.29, 0.717) is 51.3 Å². The smallest absolute Gasteiger partial charge is 0.577 e. The van der Waals surface area contributed by atoms with Crippen molar-refractivity contribution in [3.8, 4) is 51.3 Å². The first-order valence-corrected chi connectivity index (χ1v) is 16.2. The number of hydrogen-bond acceptors (Lipinski definition) is 7. The highest BCUT2D eigenvalue weighted by Gasteiger charge is 2.46. The fourth-order valence-electron chi connectivity index (χ4n) is 5.21. The van der Waals surface area contributed by atoms with Gasteiger partial charge in [0.05, 0.1) is 28.4 Å². The van der Waals surface area contributed by atoms with Crippen LogP contribution in [0.1, 0.15) is 0 Å². The van der Waals surface area contributed by atoms with Crippen LogP contribution in [0.3, 0.4) is 0 Å². The van der Waals surface area contributed by atoms with Gasteiger partial charge >= 0.3 is 15.1 Å². The van der Waals surface area contributed by atoms with Crippen LogP contribution >= 0.6 is 0 Å². The quantitative estimate of drug-likeness (QED) is 0.149. The number of fused-ring (bicyclic) bond motifs is 2. The van der Waals surface area contributed by atoms with E-state index in [9.17, 15) is 0 Å². The molecule has 0 unspecified atom stereocenters. The molecule has 8 aromatic rings. The number of nitrogens with zero attached hydrogens (tertiary/aromatic N) is 2. The molecule has 220 valence electrons. The third-order valence-electron chi connectivity index (χ3n) is 7.46. The van der Waals surface area contributed by atoms with Crippen molar-refractivity contribution in [1.29, 1.82) is 0 Å². The maximum Gasteiger partial charge on any atom is 1.20 e. The van der Waals surface area contributed by atoms with E-state index in [0.717, 1.165) is 22.2 Å². The van der Waals surface area contributed by atoms with E-state index < -0.39 is 15.1 Å². The molecule has 46 heavy (non-hydrogen) atoms. The zero-order valence-electron chi connectivity index (χ0n) is 24.4. The molecule has 0 atom stereocenters. The van der Waals surface area contributed by atoms with E-state index in [2.05, 4.69) is 12.1 Å². The standard InChI is InChI=1S/2C13H9NO2.C12H10O.Al/c2*15-11-7-3-1-5-9(11)13-14-10-6-2-4-8-12(10)16-13;13-12-8-6-11(7-9-12)10-4-2-1-3-5-10;/h2*1-8,15H;1-9,13H;/q;;;+3/p-3. The van der Waals surface area contributed by atoms with E-state index in [-0.39, 0.29) is 0 Å². The molecule has 0 aliphatic carbocycles. The summed E-state index contributed by atoms with van der Waals surface area (Å²) in [5.41, 5.74) is 6.49. The molecule has 8 rings (SSSR count).